The third-order valence-electron chi connectivity index (χ3n) is 3.75. The quantitative estimate of drug-likeness (QED) is 0.781. The molecule has 0 aliphatic heterocycles. The standard InChI is InChI=1S/C19H19N3O/c1-15-7-5-6-10-18(15)19(23)21-17-13-20-22(14-17)12-11-16-8-3-2-4-9-16/h2-10,13-14H,11-12H2,1H3,(H,21,23). The number of rotatable bonds is 5. The molecule has 4 heteroatoms. The highest BCUT2D eigenvalue weighted by atomic mass is 16.1. The van der Waals surface area contributed by atoms with Crippen molar-refractivity contribution in [2.75, 3.05) is 5.32 Å². The second-order valence-electron chi connectivity index (χ2n) is 5.50. The van der Waals surface area contributed by atoms with Crippen molar-refractivity contribution in [2.45, 2.75) is 19.9 Å². The molecule has 0 aliphatic carbocycles. The maximum absolute atomic E-state index is 12.3. The lowest BCUT2D eigenvalue weighted by Crippen LogP contribution is -2.12. The number of nitrogens with one attached hydrogen (secondary N) is 1. The van der Waals surface area contributed by atoms with Crippen molar-refractivity contribution in [1.29, 1.82) is 0 Å². The second-order valence-corrected chi connectivity index (χ2v) is 5.50. The molecule has 0 radical (unpaired) electrons. The van der Waals surface area contributed by atoms with Gasteiger partial charge < -0.3 is 5.32 Å². The van der Waals surface area contributed by atoms with Gasteiger partial charge in [0.15, 0.2) is 0 Å². The Labute approximate surface area is 135 Å². The van der Waals surface area contributed by atoms with Gasteiger partial charge in [0.1, 0.15) is 0 Å². The van der Waals surface area contributed by atoms with E-state index in [2.05, 4.69) is 22.5 Å². The van der Waals surface area contributed by atoms with Crippen molar-refractivity contribution >= 4 is 11.6 Å². The van der Waals surface area contributed by atoms with Crippen LogP contribution in [0, 0.1) is 6.92 Å². The first kappa shape index (κ1) is 15.0. The Kier molecular flexibility index (Phi) is 4.52. The van der Waals surface area contributed by atoms with E-state index in [-0.39, 0.29) is 5.91 Å². The Balaban J connectivity index is 1.61. The summed E-state index contributed by atoms with van der Waals surface area (Å²) in [6, 6.07) is 17.8. The Bertz CT molecular complexity index is 793. The van der Waals surface area contributed by atoms with Crippen LogP contribution in [0.1, 0.15) is 21.5 Å². The number of aryl methyl sites for hydroxylation is 3. The fraction of sp³-hybridized carbons (Fsp3) is 0.158. The molecule has 4 nitrogen and oxygen atoms in total. The zero-order valence-electron chi connectivity index (χ0n) is 13.1. The van der Waals surface area contributed by atoms with E-state index in [9.17, 15) is 4.79 Å². The monoisotopic (exact) mass is 305 g/mol. The Hall–Kier alpha value is -2.88. The van der Waals surface area contributed by atoms with Gasteiger partial charge in [-0.05, 0) is 30.5 Å². The van der Waals surface area contributed by atoms with Gasteiger partial charge in [0.05, 0.1) is 11.9 Å². The minimum absolute atomic E-state index is 0.106. The van der Waals surface area contributed by atoms with Crippen LogP contribution in [0.25, 0.3) is 0 Å². The number of nitrogens with zero attached hydrogens (tertiary/aromatic N) is 2. The highest BCUT2D eigenvalue weighted by Gasteiger charge is 2.09. The molecule has 0 unspecified atom stereocenters. The number of hydrogen-bond donors (Lipinski definition) is 1. The van der Waals surface area contributed by atoms with E-state index >= 15 is 0 Å². The van der Waals surface area contributed by atoms with Crippen LogP contribution in [-0.4, -0.2) is 15.7 Å². The van der Waals surface area contributed by atoms with Crippen LogP contribution in [0.15, 0.2) is 67.0 Å². The second kappa shape index (κ2) is 6.92. The zero-order valence-corrected chi connectivity index (χ0v) is 13.1. The maximum Gasteiger partial charge on any atom is 0.256 e. The molecule has 0 saturated heterocycles. The summed E-state index contributed by atoms with van der Waals surface area (Å²) in [5.41, 5.74) is 3.63. The van der Waals surface area contributed by atoms with Gasteiger partial charge in [-0.15, -0.1) is 0 Å². The molecule has 0 spiro atoms. The third kappa shape index (κ3) is 3.86. The van der Waals surface area contributed by atoms with Crippen LogP contribution in [0.2, 0.25) is 0 Å². The number of amides is 1. The fourth-order valence-corrected chi connectivity index (χ4v) is 2.46. The average Bonchev–Trinajstić information content (AvgIpc) is 3.02. The van der Waals surface area contributed by atoms with Gasteiger partial charge in [0.2, 0.25) is 0 Å². The molecule has 2 aromatic carbocycles. The normalized spacial score (nSPS) is 10.5. The molecule has 1 aromatic heterocycles. The van der Waals surface area contributed by atoms with Crippen molar-refractivity contribution in [2.24, 2.45) is 0 Å². The largest absolute Gasteiger partial charge is 0.319 e. The first-order valence-corrected chi connectivity index (χ1v) is 7.66. The van der Waals surface area contributed by atoms with Crippen LogP contribution >= 0.6 is 0 Å². The lowest BCUT2D eigenvalue weighted by atomic mass is 10.1. The molecular weight excluding hydrogens is 286 g/mol. The molecule has 116 valence electrons. The van der Waals surface area contributed by atoms with E-state index in [0.717, 1.165) is 18.5 Å². The van der Waals surface area contributed by atoms with Gasteiger partial charge in [-0.25, -0.2) is 0 Å². The molecule has 0 aliphatic rings. The summed E-state index contributed by atoms with van der Waals surface area (Å²) in [6.07, 6.45) is 4.45. The van der Waals surface area contributed by atoms with E-state index < -0.39 is 0 Å². The minimum Gasteiger partial charge on any atom is -0.319 e. The topological polar surface area (TPSA) is 46.9 Å². The predicted molar refractivity (Wildman–Crippen MR) is 91.5 cm³/mol. The van der Waals surface area contributed by atoms with Gasteiger partial charge in [0, 0.05) is 18.3 Å². The maximum atomic E-state index is 12.3. The number of hydrogen-bond acceptors (Lipinski definition) is 2. The summed E-state index contributed by atoms with van der Waals surface area (Å²) in [7, 11) is 0. The van der Waals surface area contributed by atoms with Crippen molar-refractivity contribution in [3.8, 4) is 0 Å². The SMILES string of the molecule is Cc1ccccc1C(=O)Nc1cnn(CCc2ccccc2)c1. The number of aromatic nitrogens is 2. The lowest BCUT2D eigenvalue weighted by molar-refractivity contribution is 0.102. The molecular formula is C19H19N3O. The summed E-state index contributed by atoms with van der Waals surface area (Å²) in [5.74, 6) is -0.106. The van der Waals surface area contributed by atoms with Crippen LogP contribution in [0.4, 0.5) is 5.69 Å². The predicted octanol–water partition coefficient (Wildman–Crippen LogP) is 3.69. The van der Waals surface area contributed by atoms with Crippen LogP contribution in [0.5, 0.6) is 0 Å². The fourth-order valence-electron chi connectivity index (χ4n) is 2.46. The van der Waals surface area contributed by atoms with E-state index in [1.165, 1.54) is 5.56 Å². The van der Waals surface area contributed by atoms with Crippen molar-refractivity contribution in [3.63, 3.8) is 0 Å². The molecule has 23 heavy (non-hydrogen) atoms. The smallest absolute Gasteiger partial charge is 0.256 e. The third-order valence-corrected chi connectivity index (χ3v) is 3.75. The number of benzene rings is 2. The van der Waals surface area contributed by atoms with E-state index in [1.807, 2.05) is 60.3 Å². The molecule has 1 heterocycles. The summed E-state index contributed by atoms with van der Waals surface area (Å²) >= 11 is 0. The first-order valence-electron chi connectivity index (χ1n) is 7.66. The highest BCUT2D eigenvalue weighted by molar-refractivity contribution is 6.05. The first-order chi connectivity index (χ1) is 11.2. The molecule has 1 amide bonds. The number of carbonyl (C=O) groups is 1. The van der Waals surface area contributed by atoms with Gasteiger partial charge >= 0.3 is 0 Å². The summed E-state index contributed by atoms with van der Waals surface area (Å²) in [6.45, 7) is 2.71. The molecule has 0 fully saturated rings. The molecule has 0 bridgehead atoms. The average molecular weight is 305 g/mol. The Morgan fingerprint density at radius 2 is 1.83 bits per heavy atom. The number of anilines is 1. The Morgan fingerprint density at radius 1 is 1.09 bits per heavy atom. The Morgan fingerprint density at radius 3 is 2.61 bits per heavy atom. The van der Waals surface area contributed by atoms with Crippen molar-refractivity contribution in [3.05, 3.63) is 83.7 Å². The van der Waals surface area contributed by atoms with Crippen LogP contribution in [-0.2, 0) is 13.0 Å². The van der Waals surface area contributed by atoms with Crippen LogP contribution < -0.4 is 5.32 Å². The zero-order chi connectivity index (χ0) is 16.1. The van der Waals surface area contributed by atoms with Gasteiger partial charge in [-0.2, -0.15) is 5.10 Å². The minimum atomic E-state index is -0.106. The van der Waals surface area contributed by atoms with Gasteiger partial charge in [0.25, 0.3) is 5.91 Å². The number of carbonyl (C=O) groups excluding carboxylic acids is 1. The van der Waals surface area contributed by atoms with Crippen molar-refractivity contribution in [1.82, 2.24) is 9.78 Å². The van der Waals surface area contributed by atoms with E-state index in [4.69, 9.17) is 0 Å². The lowest BCUT2D eigenvalue weighted by Gasteiger charge is -2.05. The molecule has 0 saturated carbocycles. The van der Waals surface area contributed by atoms with E-state index in [1.54, 1.807) is 6.20 Å². The van der Waals surface area contributed by atoms with Gasteiger partial charge in [-0.3, -0.25) is 9.48 Å². The van der Waals surface area contributed by atoms with Gasteiger partial charge in [-0.1, -0.05) is 48.5 Å². The van der Waals surface area contributed by atoms with E-state index in [0.29, 0.717) is 11.3 Å². The molecule has 0 atom stereocenters. The molecule has 3 rings (SSSR count). The summed E-state index contributed by atoms with van der Waals surface area (Å²) in [5, 5.41) is 7.20. The van der Waals surface area contributed by atoms with Crippen LogP contribution in [0.3, 0.4) is 0 Å². The summed E-state index contributed by atoms with van der Waals surface area (Å²) in [4.78, 5) is 12.3. The highest BCUT2D eigenvalue weighted by Crippen LogP contribution is 2.12. The molecule has 1 N–H and O–H groups in total. The molecule has 3 aromatic rings. The summed E-state index contributed by atoms with van der Waals surface area (Å²) < 4.78 is 1.85. The van der Waals surface area contributed by atoms with Crippen molar-refractivity contribution < 1.29 is 4.79 Å².